The van der Waals surface area contributed by atoms with Crippen LogP contribution >= 0.6 is 0 Å². The number of rotatable bonds is 3. The lowest BCUT2D eigenvalue weighted by Crippen LogP contribution is -2.42. The lowest BCUT2D eigenvalue weighted by Gasteiger charge is -2.33. The Morgan fingerprint density at radius 1 is 1.19 bits per heavy atom. The summed E-state index contributed by atoms with van der Waals surface area (Å²) in [5.74, 6) is 0.908. The number of pyridine rings is 1. The molecule has 0 unspecified atom stereocenters. The van der Waals surface area contributed by atoms with E-state index in [1.54, 1.807) is 13.2 Å². The van der Waals surface area contributed by atoms with Gasteiger partial charge in [0, 0.05) is 68.5 Å². The van der Waals surface area contributed by atoms with Crippen molar-refractivity contribution in [1.82, 2.24) is 25.0 Å². The molecule has 0 spiro atoms. The van der Waals surface area contributed by atoms with Crippen LogP contribution in [-0.2, 0) is 24.1 Å². The number of nitrogens with zero attached hydrogens (tertiary/aromatic N) is 6. The van der Waals surface area contributed by atoms with Gasteiger partial charge in [0.25, 0.3) is 0 Å². The van der Waals surface area contributed by atoms with Crippen molar-refractivity contribution in [3.05, 3.63) is 58.9 Å². The number of urea groups is 1. The standard InChI is InChI=1S/C28H31N7O2/c1-30-28(36)33-12-7-25-23(18-33)27(32-35(25)21-8-13-37-14-9-21)34-11-4-5-19-15-22(20(17-29)16-26(19)34)24-6-2-3-10-31-24/h2-3,6,10,15-16,21H,4-5,7-9,11-14,18H2,1H3,(H,30,36). The van der Waals surface area contributed by atoms with Gasteiger partial charge in [0.15, 0.2) is 5.82 Å². The Kier molecular flexibility index (Phi) is 6.26. The van der Waals surface area contributed by atoms with E-state index >= 15 is 0 Å². The maximum absolute atomic E-state index is 12.5. The molecule has 6 rings (SSSR count). The molecule has 190 valence electrons. The molecule has 2 amide bonds. The number of fused-ring (bicyclic) bond motifs is 2. The van der Waals surface area contributed by atoms with E-state index in [9.17, 15) is 10.1 Å². The highest BCUT2D eigenvalue weighted by Crippen LogP contribution is 2.41. The number of nitrogens with one attached hydrogen (secondary N) is 1. The van der Waals surface area contributed by atoms with Crippen LogP contribution in [0.4, 0.5) is 16.3 Å². The van der Waals surface area contributed by atoms with Gasteiger partial charge in [-0.15, -0.1) is 0 Å². The molecule has 0 radical (unpaired) electrons. The van der Waals surface area contributed by atoms with Crippen LogP contribution in [0.15, 0.2) is 36.5 Å². The second-order valence-electron chi connectivity index (χ2n) is 9.87. The molecular formula is C28H31N7O2. The van der Waals surface area contributed by atoms with Gasteiger partial charge in [-0.25, -0.2) is 4.79 Å². The summed E-state index contributed by atoms with van der Waals surface area (Å²) in [4.78, 5) is 21.2. The zero-order valence-corrected chi connectivity index (χ0v) is 21.1. The molecule has 3 aromatic rings. The topological polar surface area (TPSA) is 99.3 Å². The first-order valence-corrected chi connectivity index (χ1v) is 13.1. The van der Waals surface area contributed by atoms with Gasteiger partial charge in [-0.05, 0) is 55.5 Å². The number of hydrogen-bond donors (Lipinski definition) is 1. The number of hydrogen-bond acceptors (Lipinski definition) is 6. The Hall–Kier alpha value is -3.90. The second kappa shape index (κ2) is 9.87. The van der Waals surface area contributed by atoms with E-state index in [-0.39, 0.29) is 6.03 Å². The first-order valence-electron chi connectivity index (χ1n) is 13.1. The molecule has 2 aromatic heterocycles. The number of aromatic nitrogens is 3. The summed E-state index contributed by atoms with van der Waals surface area (Å²) in [6, 6.07) is 12.5. The van der Waals surface area contributed by atoms with Gasteiger partial charge in [-0.1, -0.05) is 6.07 Å². The molecule has 0 atom stereocenters. The molecule has 0 aliphatic carbocycles. The lowest BCUT2D eigenvalue weighted by molar-refractivity contribution is 0.0651. The lowest BCUT2D eigenvalue weighted by atomic mass is 9.93. The van der Waals surface area contributed by atoms with Crippen LogP contribution in [0.3, 0.4) is 0 Å². The minimum atomic E-state index is -0.0683. The first-order chi connectivity index (χ1) is 18.2. The summed E-state index contributed by atoms with van der Waals surface area (Å²) in [6.45, 7) is 3.50. The molecular weight excluding hydrogens is 466 g/mol. The van der Waals surface area contributed by atoms with Gasteiger partial charge >= 0.3 is 6.03 Å². The van der Waals surface area contributed by atoms with Crippen molar-refractivity contribution >= 4 is 17.5 Å². The molecule has 1 saturated heterocycles. The third kappa shape index (κ3) is 4.21. The maximum atomic E-state index is 12.5. The maximum Gasteiger partial charge on any atom is 0.317 e. The first kappa shape index (κ1) is 23.5. The minimum absolute atomic E-state index is 0.0683. The smallest absolute Gasteiger partial charge is 0.317 e. The number of aryl methyl sites for hydroxylation is 1. The van der Waals surface area contributed by atoms with Crippen LogP contribution in [0.1, 0.15) is 47.7 Å². The summed E-state index contributed by atoms with van der Waals surface area (Å²) in [7, 11) is 1.67. The number of nitriles is 1. The van der Waals surface area contributed by atoms with E-state index < -0.39 is 0 Å². The van der Waals surface area contributed by atoms with Crippen molar-refractivity contribution in [3.63, 3.8) is 0 Å². The van der Waals surface area contributed by atoms with Crippen molar-refractivity contribution < 1.29 is 9.53 Å². The van der Waals surface area contributed by atoms with Gasteiger partial charge in [-0.3, -0.25) is 9.67 Å². The Morgan fingerprint density at radius 3 is 2.81 bits per heavy atom. The fraction of sp³-hybridized carbons (Fsp3) is 0.429. The molecule has 3 aliphatic heterocycles. The molecule has 37 heavy (non-hydrogen) atoms. The van der Waals surface area contributed by atoms with Crippen LogP contribution in [0, 0.1) is 11.3 Å². The third-order valence-electron chi connectivity index (χ3n) is 7.76. The second-order valence-corrected chi connectivity index (χ2v) is 9.87. The van der Waals surface area contributed by atoms with Gasteiger partial charge in [0.2, 0.25) is 0 Å². The zero-order valence-electron chi connectivity index (χ0n) is 21.1. The van der Waals surface area contributed by atoms with E-state index in [1.807, 2.05) is 29.2 Å². The van der Waals surface area contributed by atoms with Crippen molar-refractivity contribution in [2.45, 2.75) is 44.7 Å². The molecule has 9 heteroatoms. The van der Waals surface area contributed by atoms with Crippen molar-refractivity contribution in [2.24, 2.45) is 0 Å². The number of carbonyl (C=O) groups is 1. The van der Waals surface area contributed by atoms with Crippen LogP contribution in [0.2, 0.25) is 0 Å². The predicted octanol–water partition coefficient (Wildman–Crippen LogP) is 3.95. The summed E-state index contributed by atoms with van der Waals surface area (Å²) in [6.07, 6.45) is 6.33. The van der Waals surface area contributed by atoms with Crippen LogP contribution in [0.5, 0.6) is 0 Å². The van der Waals surface area contributed by atoms with Crippen molar-refractivity contribution in [2.75, 3.05) is 38.3 Å². The normalized spacial score (nSPS) is 17.6. The van der Waals surface area contributed by atoms with E-state index in [0.717, 1.165) is 80.2 Å². The molecule has 9 nitrogen and oxygen atoms in total. The summed E-state index contributed by atoms with van der Waals surface area (Å²) in [5, 5.41) is 18.1. The van der Waals surface area contributed by atoms with Gasteiger partial charge in [0.1, 0.15) is 0 Å². The fourth-order valence-electron chi connectivity index (χ4n) is 5.89. The molecule has 1 aromatic carbocycles. The highest BCUT2D eigenvalue weighted by atomic mass is 16.5. The number of benzene rings is 1. The quantitative estimate of drug-likeness (QED) is 0.588. The van der Waals surface area contributed by atoms with Gasteiger partial charge in [-0.2, -0.15) is 10.4 Å². The molecule has 5 heterocycles. The Morgan fingerprint density at radius 2 is 2.05 bits per heavy atom. The Labute approximate surface area is 216 Å². The number of anilines is 2. The zero-order chi connectivity index (χ0) is 25.4. The highest BCUT2D eigenvalue weighted by molar-refractivity contribution is 5.78. The van der Waals surface area contributed by atoms with Crippen molar-refractivity contribution in [1.29, 1.82) is 5.26 Å². The summed E-state index contributed by atoms with van der Waals surface area (Å²) < 4.78 is 7.84. The molecule has 0 saturated carbocycles. The number of amides is 2. The molecule has 1 N–H and O–H groups in total. The molecule has 3 aliphatic rings. The third-order valence-corrected chi connectivity index (χ3v) is 7.76. The monoisotopic (exact) mass is 497 g/mol. The molecule has 1 fully saturated rings. The van der Waals surface area contributed by atoms with Gasteiger partial charge < -0.3 is 19.9 Å². The average molecular weight is 498 g/mol. The van der Waals surface area contributed by atoms with Crippen LogP contribution in [-0.4, -0.2) is 59.0 Å². The Bertz CT molecular complexity index is 1360. The molecule has 0 bridgehead atoms. The van der Waals surface area contributed by atoms with Crippen molar-refractivity contribution in [3.8, 4) is 17.3 Å². The van der Waals surface area contributed by atoms with Crippen LogP contribution in [0.25, 0.3) is 11.3 Å². The largest absolute Gasteiger partial charge is 0.381 e. The summed E-state index contributed by atoms with van der Waals surface area (Å²) >= 11 is 0. The summed E-state index contributed by atoms with van der Waals surface area (Å²) in [5.41, 5.74) is 6.83. The highest BCUT2D eigenvalue weighted by Gasteiger charge is 2.34. The van der Waals surface area contributed by atoms with E-state index in [1.165, 1.54) is 11.3 Å². The number of ether oxygens (including phenoxy) is 1. The van der Waals surface area contributed by atoms with E-state index in [2.05, 4.69) is 32.0 Å². The average Bonchev–Trinajstić information content (AvgIpc) is 3.35. The number of carbonyl (C=O) groups excluding carboxylic acids is 1. The fourth-order valence-corrected chi connectivity index (χ4v) is 5.89. The Balaban J connectivity index is 1.45. The van der Waals surface area contributed by atoms with Gasteiger partial charge in [0.05, 0.1) is 29.9 Å². The van der Waals surface area contributed by atoms with Crippen LogP contribution < -0.4 is 10.2 Å². The van der Waals surface area contributed by atoms with E-state index in [4.69, 9.17) is 9.84 Å². The SMILES string of the molecule is CNC(=O)N1CCc2c(c(N3CCCc4cc(-c5ccccn5)c(C#N)cc43)nn2C2CCOCC2)C1. The predicted molar refractivity (Wildman–Crippen MR) is 140 cm³/mol. The minimum Gasteiger partial charge on any atom is -0.381 e. The van der Waals surface area contributed by atoms with E-state index in [0.29, 0.717) is 24.7 Å².